The second-order valence-corrected chi connectivity index (χ2v) is 7.94. The summed E-state index contributed by atoms with van der Waals surface area (Å²) < 4.78 is 4.57. The molecule has 30 heavy (non-hydrogen) atoms. The first-order valence-electron chi connectivity index (χ1n) is 9.79. The molecule has 0 spiro atoms. The van der Waals surface area contributed by atoms with Crippen molar-refractivity contribution in [2.24, 2.45) is 0 Å². The van der Waals surface area contributed by atoms with E-state index in [4.69, 9.17) is 0 Å². The molecular formula is C23H22BrN5O. The third kappa shape index (κ3) is 4.68. The van der Waals surface area contributed by atoms with Crippen LogP contribution in [0.3, 0.4) is 0 Å². The van der Waals surface area contributed by atoms with Crippen LogP contribution >= 0.6 is 15.9 Å². The Hall–Kier alpha value is -3.19. The molecular weight excluding hydrogens is 442 g/mol. The third-order valence-corrected chi connectivity index (χ3v) is 5.28. The van der Waals surface area contributed by atoms with Crippen LogP contribution in [0.25, 0.3) is 11.4 Å². The molecule has 152 valence electrons. The van der Waals surface area contributed by atoms with Crippen molar-refractivity contribution in [1.29, 1.82) is 0 Å². The fraction of sp³-hybridized carbons (Fsp3) is 0.174. The zero-order valence-corrected chi connectivity index (χ0v) is 18.2. The molecule has 1 N–H and O–H groups in total. The average molecular weight is 464 g/mol. The van der Waals surface area contributed by atoms with Gasteiger partial charge in [0.15, 0.2) is 0 Å². The molecule has 0 saturated carbocycles. The molecule has 0 fully saturated rings. The molecule has 6 nitrogen and oxygen atoms in total. The number of nitrogens with zero attached hydrogens (tertiary/aromatic N) is 4. The smallest absolute Gasteiger partial charge is 0.251 e. The van der Waals surface area contributed by atoms with E-state index in [2.05, 4.69) is 37.6 Å². The zero-order chi connectivity index (χ0) is 20.9. The number of aryl methyl sites for hydroxylation is 2. The first kappa shape index (κ1) is 20.1. The summed E-state index contributed by atoms with van der Waals surface area (Å²) in [5.74, 6) is -0.0695. The number of hydrogen-bond acceptors (Lipinski definition) is 3. The Balaban J connectivity index is 1.28. The Morgan fingerprint density at radius 2 is 1.73 bits per heavy atom. The number of para-hydroxylation sites is 1. The average Bonchev–Trinajstić information content (AvgIpc) is 3.37. The van der Waals surface area contributed by atoms with E-state index >= 15 is 0 Å². The molecule has 0 aliphatic heterocycles. The standard InChI is InChI=1S/C23H22BrN5O/c1-17-19(15-29(27-17)21-7-3-2-4-8-21)6-5-13-25-23(30)18-9-11-22(12-10-18)28-16-20(24)14-26-28/h2-4,7-12,14-16H,5-6,13H2,1H3,(H,25,30). The van der Waals surface area contributed by atoms with Crippen molar-refractivity contribution in [3.8, 4) is 11.4 Å². The lowest BCUT2D eigenvalue weighted by Crippen LogP contribution is -2.24. The summed E-state index contributed by atoms with van der Waals surface area (Å²) in [6.45, 7) is 2.63. The highest BCUT2D eigenvalue weighted by Gasteiger charge is 2.08. The van der Waals surface area contributed by atoms with Crippen LogP contribution in [0.15, 0.2) is 77.7 Å². The molecule has 0 aliphatic carbocycles. The number of benzene rings is 2. The van der Waals surface area contributed by atoms with Gasteiger partial charge in [-0.2, -0.15) is 10.2 Å². The Kier molecular flexibility index (Phi) is 6.09. The SMILES string of the molecule is Cc1nn(-c2ccccc2)cc1CCCNC(=O)c1ccc(-n2cc(Br)cn2)cc1. The van der Waals surface area contributed by atoms with Crippen molar-refractivity contribution in [3.05, 3.63) is 94.5 Å². The number of carbonyl (C=O) groups is 1. The van der Waals surface area contributed by atoms with Crippen molar-refractivity contribution in [2.75, 3.05) is 6.54 Å². The van der Waals surface area contributed by atoms with E-state index in [9.17, 15) is 4.79 Å². The number of rotatable bonds is 7. The van der Waals surface area contributed by atoms with Crippen LogP contribution < -0.4 is 5.32 Å². The van der Waals surface area contributed by atoms with Gasteiger partial charge in [0.25, 0.3) is 5.91 Å². The summed E-state index contributed by atoms with van der Waals surface area (Å²) in [5, 5.41) is 11.8. The van der Waals surface area contributed by atoms with Gasteiger partial charge >= 0.3 is 0 Å². The highest BCUT2D eigenvalue weighted by atomic mass is 79.9. The van der Waals surface area contributed by atoms with E-state index < -0.39 is 0 Å². The van der Waals surface area contributed by atoms with Crippen molar-refractivity contribution in [2.45, 2.75) is 19.8 Å². The lowest BCUT2D eigenvalue weighted by Gasteiger charge is -2.06. The number of hydrogen-bond donors (Lipinski definition) is 1. The molecule has 0 atom stereocenters. The van der Waals surface area contributed by atoms with E-state index in [1.807, 2.05) is 72.4 Å². The van der Waals surface area contributed by atoms with Gasteiger partial charge in [0, 0.05) is 24.5 Å². The number of aromatic nitrogens is 4. The van der Waals surface area contributed by atoms with Crippen molar-refractivity contribution < 1.29 is 4.79 Å². The minimum Gasteiger partial charge on any atom is -0.352 e. The van der Waals surface area contributed by atoms with Crippen LogP contribution in [0.1, 0.15) is 28.0 Å². The van der Waals surface area contributed by atoms with Gasteiger partial charge in [-0.3, -0.25) is 4.79 Å². The summed E-state index contributed by atoms with van der Waals surface area (Å²) in [4.78, 5) is 12.4. The van der Waals surface area contributed by atoms with Crippen molar-refractivity contribution in [1.82, 2.24) is 24.9 Å². The molecule has 0 radical (unpaired) electrons. The predicted octanol–water partition coefficient (Wildman–Crippen LogP) is 4.49. The van der Waals surface area contributed by atoms with Gasteiger partial charge < -0.3 is 5.32 Å². The van der Waals surface area contributed by atoms with Crippen molar-refractivity contribution >= 4 is 21.8 Å². The minimum atomic E-state index is -0.0695. The van der Waals surface area contributed by atoms with Crippen LogP contribution in [-0.4, -0.2) is 32.0 Å². The molecule has 4 aromatic rings. The fourth-order valence-corrected chi connectivity index (χ4v) is 3.53. The molecule has 0 aliphatic rings. The molecule has 7 heteroatoms. The highest BCUT2D eigenvalue weighted by molar-refractivity contribution is 9.10. The van der Waals surface area contributed by atoms with Crippen LogP contribution in [0.4, 0.5) is 0 Å². The molecule has 0 bridgehead atoms. The van der Waals surface area contributed by atoms with Crippen LogP contribution in [-0.2, 0) is 6.42 Å². The topological polar surface area (TPSA) is 64.7 Å². The Labute approximate surface area is 183 Å². The maximum atomic E-state index is 12.4. The zero-order valence-electron chi connectivity index (χ0n) is 16.6. The van der Waals surface area contributed by atoms with Gasteiger partial charge in [-0.1, -0.05) is 18.2 Å². The Morgan fingerprint density at radius 1 is 1.00 bits per heavy atom. The van der Waals surface area contributed by atoms with Gasteiger partial charge in [0.1, 0.15) is 0 Å². The largest absolute Gasteiger partial charge is 0.352 e. The first-order valence-corrected chi connectivity index (χ1v) is 10.6. The second kappa shape index (κ2) is 9.09. The van der Waals surface area contributed by atoms with Gasteiger partial charge in [-0.05, 0) is 77.7 Å². The van der Waals surface area contributed by atoms with Crippen molar-refractivity contribution in [3.63, 3.8) is 0 Å². The number of halogens is 1. The van der Waals surface area contributed by atoms with Crippen LogP contribution in [0.5, 0.6) is 0 Å². The van der Waals surface area contributed by atoms with E-state index in [1.54, 1.807) is 10.9 Å². The van der Waals surface area contributed by atoms with E-state index in [0.29, 0.717) is 12.1 Å². The van der Waals surface area contributed by atoms with E-state index in [1.165, 1.54) is 5.56 Å². The number of amides is 1. The Morgan fingerprint density at radius 3 is 2.43 bits per heavy atom. The quantitative estimate of drug-likeness (QED) is 0.410. The van der Waals surface area contributed by atoms with Gasteiger partial charge in [-0.15, -0.1) is 0 Å². The summed E-state index contributed by atoms with van der Waals surface area (Å²) >= 11 is 3.38. The summed E-state index contributed by atoms with van der Waals surface area (Å²) in [5.41, 5.74) is 4.81. The molecule has 4 rings (SSSR count). The molecule has 1 amide bonds. The molecule has 2 aromatic heterocycles. The maximum absolute atomic E-state index is 12.4. The summed E-state index contributed by atoms with van der Waals surface area (Å²) in [6, 6.07) is 17.5. The summed E-state index contributed by atoms with van der Waals surface area (Å²) in [7, 11) is 0. The Bertz CT molecular complexity index is 1130. The molecule has 2 heterocycles. The van der Waals surface area contributed by atoms with Gasteiger partial charge in [0.2, 0.25) is 0 Å². The predicted molar refractivity (Wildman–Crippen MR) is 120 cm³/mol. The van der Waals surface area contributed by atoms with Gasteiger partial charge in [-0.25, -0.2) is 9.36 Å². The first-order chi connectivity index (χ1) is 14.6. The van der Waals surface area contributed by atoms with Crippen LogP contribution in [0.2, 0.25) is 0 Å². The third-order valence-electron chi connectivity index (χ3n) is 4.87. The lowest BCUT2D eigenvalue weighted by atomic mass is 10.1. The number of nitrogens with one attached hydrogen (secondary N) is 1. The van der Waals surface area contributed by atoms with Gasteiger partial charge in [0.05, 0.1) is 27.7 Å². The van der Waals surface area contributed by atoms with Crippen LogP contribution in [0, 0.1) is 6.92 Å². The maximum Gasteiger partial charge on any atom is 0.251 e. The minimum absolute atomic E-state index is 0.0695. The van der Waals surface area contributed by atoms with E-state index in [0.717, 1.165) is 34.4 Å². The normalized spacial score (nSPS) is 10.9. The van der Waals surface area contributed by atoms with E-state index in [-0.39, 0.29) is 5.91 Å². The summed E-state index contributed by atoms with van der Waals surface area (Å²) in [6.07, 6.45) is 7.39. The monoisotopic (exact) mass is 463 g/mol. The lowest BCUT2D eigenvalue weighted by molar-refractivity contribution is 0.0953. The molecule has 0 unspecified atom stereocenters. The highest BCUT2D eigenvalue weighted by Crippen LogP contribution is 2.14. The molecule has 0 saturated heterocycles. The number of carbonyl (C=O) groups excluding carboxylic acids is 1. The second-order valence-electron chi connectivity index (χ2n) is 7.03. The molecule has 2 aromatic carbocycles. The fourth-order valence-electron chi connectivity index (χ4n) is 3.24.